The summed E-state index contributed by atoms with van der Waals surface area (Å²) in [5.74, 6) is -0.0365. The fraction of sp³-hybridized carbons (Fsp3) is 0.444. The number of thiophene rings is 1. The van der Waals surface area contributed by atoms with E-state index >= 15 is 0 Å². The maximum absolute atomic E-state index is 13.5. The number of amides is 3. The largest absolute Gasteiger partial charge is 0.352 e. The summed E-state index contributed by atoms with van der Waals surface area (Å²) in [5.41, 5.74) is 1.46. The van der Waals surface area contributed by atoms with E-state index in [4.69, 9.17) is 4.99 Å². The molecule has 1 aromatic carbocycles. The number of nitrogens with one attached hydrogen (secondary N) is 2. The number of aliphatic imine (C=N–C) groups is 2. The van der Waals surface area contributed by atoms with Crippen LogP contribution < -0.4 is 10.6 Å². The molecule has 194 valence electrons. The van der Waals surface area contributed by atoms with Crippen molar-refractivity contribution in [3.05, 3.63) is 52.2 Å². The predicted octanol–water partition coefficient (Wildman–Crippen LogP) is 4.37. The van der Waals surface area contributed by atoms with Gasteiger partial charge in [-0.15, -0.1) is 11.3 Å². The van der Waals surface area contributed by atoms with Gasteiger partial charge in [-0.05, 0) is 42.8 Å². The number of rotatable bonds is 8. The highest BCUT2D eigenvalue weighted by molar-refractivity contribution is 8.15. The van der Waals surface area contributed by atoms with Gasteiger partial charge in [-0.25, -0.2) is 9.89 Å². The molecule has 2 atom stereocenters. The Morgan fingerprint density at radius 2 is 1.97 bits per heavy atom. The Kier molecular flexibility index (Phi) is 8.05. The molecular weight excluding hydrogens is 506 g/mol. The van der Waals surface area contributed by atoms with Crippen LogP contribution in [-0.4, -0.2) is 51.0 Å². The van der Waals surface area contributed by atoms with Gasteiger partial charge >= 0.3 is 0 Å². The fourth-order valence-corrected chi connectivity index (χ4v) is 6.52. The number of thioether (sulfide) groups is 1. The minimum absolute atomic E-state index is 0.0180. The SMILES string of the molecule is CCC(SC1=Nc2ccccc2C2=NC(CC(=O)NCc3cccs3)C(=O)N12)C(=O)NC1CCCCC1. The lowest BCUT2D eigenvalue weighted by Gasteiger charge is -2.29. The number of carbonyl (C=O) groups excluding carboxylic acids is 3. The van der Waals surface area contributed by atoms with E-state index in [9.17, 15) is 14.4 Å². The van der Waals surface area contributed by atoms with Gasteiger partial charge in [-0.2, -0.15) is 0 Å². The summed E-state index contributed by atoms with van der Waals surface area (Å²) in [7, 11) is 0. The molecule has 8 nitrogen and oxygen atoms in total. The second-order valence-electron chi connectivity index (χ2n) is 9.47. The third-order valence-corrected chi connectivity index (χ3v) is 9.02. The number of nitrogens with zero attached hydrogens (tertiary/aromatic N) is 3. The lowest BCUT2D eigenvalue weighted by molar-refractivity contribution is -0.128. The van der Waals surface area contributed by atoms with Crippen molar-refractivity contribution in [3.8, 4) is 0 Å². The number of benzene rings is 1. The summed E-state index contributed by atoms with van der Waals surface area (Å²) < 4.78 is 0. The Bertz CT molecular complexity index is 1220. The molecule has 5 rings (SSSR count). The summed E-state index contributed by atoms with van der Waals surface area (Å²) in [4.78, 5) is 51.3. The number of hydrogen-bond acceptors (Lipinski definition) is 7. The van der Waals surface area contributed by atoms with E-state index in [1.165, 1.54) is 23.1 Å². The second-order valence-corrected chi connectivity index (χ2v) is 11.7. The van der Waals surface area contributed by atoms with Crippen LogP contribution in [0.2, 0.25) is 0 Å². The molecule has 0 bridgehead atoms. The van der Waals surface area contributed by atoms with Gasteiger partial charge in [0, 0.05) is 16.5 Å². The zero-order chi connectivity index (χ0) is 25.8. The Labute approximate surface area is 225 Å². The molecule has 0 radical (unpaired) electrons. The standard InChI is InChI=1S/C27H31N5O3S2/c1-2-22(25(34)29-17-9-4-3-5-10-17)37-27-31-20-13-7-6-12-19(20)24-30-21(26(35)32(24)27)15-23(33)28-16-18-11-8-14-36-18/h6-8,11-14,17,21-22H,2-5,9-10,15-16H2,1H3,(H,28,33)(H,29,34). The van der Waals surface area contributed by atoms with Crippen LogP contribution in [0.5, 0.6) is 0 Å². The number of hydrogen-bond donors (Lipinski definition) is 2. The first-order valence-electron chi connectivity index (χ1n) is 12.9. The highest BCUT2D eigenvalue weighted by Gasteiger charge is 2.43. The molecule has 10 heteroatoms. The third-order valence-electron chi connectivity index (χ3n) is 6.83. The first-order chi connectivity index (χ1) is 18.0. The van der Waals surface area contributed by atoms with E-state index in [1.807, 2.05) is 48.7 Å². The molecule has 2 aliphatic heterocycles. The Morgan fingerprint density at radius 1 is 1.16 bits per heavy atom. The minimum atomic E-state index is -0.827. The molecule has 3 heterocycles. The van der Waals surface area contributed by atoms with Crippen molar-refractivity contribution in [3.63, 3.8) is 0 Å². The highest BCUT2D eigenvalue weighted by atomic mass is 32.2. The van der Waals surface area contributed by atoms with Crippen LogP contribution in [-0.2, 0) is 20.9 Å². The fourth-order valence-electron chi connectivity index (χ4n) is 4.85. The van der Waals surface area contributed by atoms with E-state index in [2.05, 4.69) is 15.6 Å². The number of fused-ring (bicyclic) bond motifs is 3. The first kappa shape index (κ1) is 25.7. The summed E-state index contributed by atoms with van der Waals surface area (Å²) in [6, 6.07) is 10.8. The first-order valence-corrected chi connectivity index (χ1v) is 14.7. The monoisotopic (exact) mass is 537 g/mol. The molecule has 0 spiro atoms. The minimum Gasteiger partial charge on any atom is -0.352 e. The van der Waals surface area contributed by atoms with Gasteiger partial charge in [0.15, 0.2) is 5.17 Å². The van der Waals surface area contributed by atoms with Crippen molar-refractivity contribution in [1.82, 2.24) is 15.5 Å². The molecule has 2 unspecified atom stereocenters. The average molecular weight is 538 g/mol. The second kappa shape index (κ2) is 11.6. The lowest BCUT2D eigenvalue weighted by Crippen LogP contribution is -2.45. The van der Waals surface area contributed by atoms with Gasteiger partial charge in [0.2, 0.25) is 11.8 Å². The van der Waals surface area contributed by atoms with Crippen molar-refractivity contribution >= 4 is 57.5 Å². The van der Waals surface area contributed by atoms with Crippen molar-refractivity contribution in [1.29, 1.82) is 0 Å². The van der Waals surface area contributed by atoms with E-state index < -0.39 is 6.04 Å². The van der Waals surface area contributed by atoms with Crippen LogP contribution in [0.3, 0.4) is 0 Å². The molecule has 1 saturated carbocycles. The predicted molar refractivity (Wildman–Crippen MR) is 148 cm³/mol. The normalized spacial score (nSPS) is 20.0. The van der Waals surface area contributed by atoms with Crippen LogP contribution in [0.4, 0.5) is 5.69 Å². The van der Waals surface area contributed by atoms with Crippen molar-refractivity contribution in [2.45, 2.75) is 75.7 Å². The molecular formula is C27H31N5O3S2. The number of carbonyl (C=O) groups is 3. The maximum Gasteiger partial charge on any atom is 0.259 e. The summed E-state index contributed by atoms with van der Waals surface area (Å²) in [6.45, 7) is 2.40. The Balaban J connectivity index is 1.32. The van der Waals surface area contributed by atoms with E-state index in [1.54, 1.807) is 11.3 Å². The maximum atomic E-state index is 13.5. The lowest BCUT2D eigenvalue weighted by atomic mass is 9.95. The topological polar surface area (TPSA) is 103 Å². The third kappa shape index (κ3) is 5.80. The van der Waals surface area contributed by atoms with Crippen LogP contribution in [0.25, 0.3) is 0 Å². The van der Waals surface area contributed by atoms with E-state index in [-0.39, 0.29) is 35.4 Å². The van der Waals surface area contributed by atoms with Gasteiger partial charge in [0.05, 0.1) is 23.9 Å². The van der Waals surface area contributed by atoms with E-state index in [0.29, 0.717) is 29.7 Å². The quantitative estimate of drug-likeness (QED) is 0.522. The molecule has 3 amide bonds. The molecule has 0 saturated heterocycles. The van der Waals surface area contributed by atoms with Crippen molar-refractivity contribution in [2.24, 2.45) is 9.98 Å². The van der Waals surface area contributed by atoms with E-state index in [0.717, 1.165) is 36.1 Å². The van der Waals surface area contributed by atoms with Crippen molar-refractivity contribution < 1.29 is 14.4 Å². The smallest absolute Gasteiger partial charge is 0.259 e. The molecule has 2 N–H and O–H groups in total. The molecule has 1 fully saturated rings. The average Bonchev–Trinajstić information content (AvgIpc) is 3.55. The molecule has 1 aliphatic carbocycles. The zero-order valence-electron chi connectivity index (χ0n) is 20.8. The summed E-state index contributed by atoms with van der Waals surface area (Å²) in [6.07, 6.45) is 6.10. The van der Waals surface area contributed by atoms with Gasteiger partial charge in [-0.3, -0.25) is 19.4 Å². The summed E-state index contributed by atoms with van der Waals surface area (Å²) in [5, 5.41) is 8.11. The van der Waals surface area contributed by atoms with Gasteiger partial charge in [-0.1, -0.05) is 56.1 Å². The summed E-state index contributed by atoms with van der Waals surface area (Å²) >= 11 is 2.87. The Hall–Kier alpha value is -2.98. The van der Waals surface area contributed by atoms with Crippen LogP contribution in [0.15, 0.2) is 51.8 Å². The van der Waals surface area contributed by atoms with Crippen LogP contribution in [0, 0.1) is 0 Å². The van der Waals surface area contributed by atoms with Gasteiger partial charge < -0.3 is 10.6 Å². The molecule has 37 heavy (non-hydrogen) atoms. The van der Waals surface area contributed by atoms with Crippen molar-refractivity contribution in [2.75, 3.05) is 0 Å². The molecule has 2 aromatic rings. The highest BCUT2D eigenvalue weighted by Crippen LogP contribution is 2.35. The molecule has 3 aliphatic rings. The van der Waals surface area contributed by atoms with Gasteiger partial charge in [0.1, 0.15) is 11.9 Å². The van der Waals surface area contributed by atoms with Crippen LogP contribution in [0.1, 0.15) is 62.3 Å². The Morgan fingerprint density at radius 3 is 2.73 bits per heavy atom. The number of amidine groups is 2. The van der Waals surface area contributed by atoms with Gasteiger partial charge in [0.25, 0.3) is 5.91 Å². The zero-order valence-corrected chi connectivity index (χ0v) is 22.4. The molecule has 1 aromatic heterocycles. The van der Waals surface area contributed by atoms with Crippen LogP contribution >= 0.6 is 23.1 Å². The number of para-hydroxylation sites is 1.